The van der Waals surface area contributed by atoms with Gasteiger partial charge in [-0.3, -0.25) is 0 Å². The smallest absolute Gasteiger partial charge is 0.281 e. The van der Waals surface area contributed by atoms with E-state index in [1.807, 2.05) is 0 Å². The van der Waals surface area contributed by atoms with E-state index in [2.05, 4.69) is 6.92 Å². The summed E-state index contributed by atoms with van der Waals surface area (Å²) in [5.74, 6) is 0.515. The summed E-state index contributed by atoms with van der Waals surface area (Å²) in [6, 6.07) is 0. The molecule has 1 saturated heterocycles. The first-order valence-electron chi connectivity index (χ1n) is 6.34. The minimum absolute atomic E-state index is 0.0261. The van der Waals surface area contributed by atoms with Crippen molar-refractivity contribution in [2.45, 2.75) is 32.6 Å². The molecule has 102 valence electrons. The molecular weight excluding hydrogens is 240 g/mol. The van der Waals surface area contributed by atoms with Gasteiger partial charge in [-0.05, 0) is 25.2 Å². The minimum atomic E-state index is -3.31. The highest BCUT2D eigenvalue weighted by molar-refractivity contribution is 7.86. The Morgan fingerprint density at radius 3 is 2.76 bits per heavy atom. The summed E-state index contributed by atoms with van der Waals surface area (Å²) in [6.07, 6.45) is 3.67. The zero-order valence-electron chi connectivity index (χ0n) is 10.8. The zero-order valence-corrected chi connectivity index (χ0v) is 11.6. The maximum atomic E-state index is 12.2. The predicted octanol–water partition coefficient (Wildman–Crippen LogP) is 0.667. The molecule has 1 rings (SSSR count). The van der Waals surface area contributed by atoms with Crippen molar-refractivity contribution in [3.8, 4) is 0 Å². The second-order valence-corrected chi connectivity index (χ2v) is 6.74. The van der Waals surface area contributed by atoms with Crippen molar-refractivity contribution in [1.82, 2.24) is 8.61 Å². The molecule has 0 aromatic carbocycles. The number of nitrogens with zero attached hydrogens (tertiary/aromatic N) is 2. The summed E-state index contributed by atoms with van der Waals surface area (Å²) in [5, 5.41) is 8.72. The molecule has 1 aliphatic rings. The lowest BCUT2D eigenvalue weighted by Crippen LogP contribution is -2.41. The Kier molecular flexibility index (Phi) is 5.85. The van der Waals surface area contributed by atoms with Crippen molar-refractivity contribution in [2.24, 2.45) is 5.92 Å². The van der Waals surface area contributed by atoms with Gasteiger partial charge in [0.15, 0.2) is 0 Å². The summed E-state index contributed by atoms with van der Waals surface area (Å²) in [4.78, 5) is 0. The van der Waals surface area contributed by atoms with Gasteiger partial charge in [-0.15, -0.1) is 0 Å². The van der Waals surface area contributed by atoms with Crippen LogP contribution in [0.3, 0.4) is 0 Å². The molecule has 0 spiro atoms. The second-order valence-electron chi connectivity index (χ2n) is 4.71. The Balaban J connectivity index is 2.53. The molecule has 1 fully saturated rings. The van der Waals surface area contributed by atoms with Gasteiger partial charge in [-0.2, -0.15) is 17.0 Å². The third-order valence-corrected chi connectivity index (χ3v) is 5.25. The molecule has 1 heterocycles. The Hall–Kier alpha value is -0.170. The van der Waals surface area contributed by atoms with E-state index in [0.29, 0.717) is 32.0 Å². The third kappa shape index (κ3) is 3.91. The summed E-state index contributed by atoms with van der Waals surface area (Å²) in [5.41, 5.74) is 0. The second kappa shape index (κ2) is 6.68. The van der Waals surface area contributed by atoms with Gasteiger partial charge in [0.2, 0.25) is 0 Å². The van der Waals surface area contributed by atoms with Crippen LogP contribution >= 0.6 is 0 Å². The van der Waals surface area contributed by atoms with E-state index in [9.17, 15) is 8.42 Å². The number of hydrogen-bond acceptors (Lipinski definition) is 3. The summed E-state index contributed by atoms with van der Waals surface area (Å²) >= 11 is 0. The summed E-state index contributed by atoms with van der Waals surface area (Å²) in [6.45, 7) is 3.83. The average molecular weight is 264 g/mol. The van der Waals surface area contributed by atoms with Gasteiger partial charge in [0.1, 0.15) is 0 Å². The van der Waals surface area contributed by atoms with Crippen LogP contribution in [-0.2, 0) is 10.2 Å². The van der Waals surface area contributed by atoms with Gasteiger partial charge in [-0.1, -0.05) is 13.3 Å². The maximum Gasteiger partial charge on any atom is 0.281 e. The van der Waals surface area contributed by atoms with Crippen LogP contribution in [0, 0.1) is 5.92 Å². The van der Waals surface area contributed by atoms with Gasteiger partial charge in [0.25, 0.3) is 10.2 Å². The monoisotopic (exact) mass is 264 g/mol. The molecule has 0 aliphatic carbocycles. The Bertz CT molecular complexity index is 319. The van der Waals surface area contributed by atoms with Gasteiger partial charge < -0.3 is 5.11 Å². The molecule has 5 nitrogen and oxygen atoms in total. The molecule has 1 aliphatic heterocycles. The highest BCUT2D eigenvalue weighted by Gasteiger charge is 2.33. The van der Waals surface area contributed by atoms with Crippen LogP contribution in [-0.4, -0.2) is 55.4 Å². The van der Waals surface area contributed by atoms with E-state index < -0.39 is 10.2 Å². The minimum Gasteiger partial charge on any atom is -0.396 e. The molecule has 0 amide bonds. The van der Waals surface area contributed by atoms with Crippen LogP contribution in [0.2, 0.25) is 0 Å². The fraction of sp³-hybridized carbons (Fsp3) is 1.00. The highest BCUT2D eigenvalue weighted by atomic mass is 32.2. The molecule has 17 heavy (non-hydrogen) atoms. The molecular formula is C11H24N2O3S. The maximum absolute atomic E-state index is 12.2. The van der Waals surface area contributed by atoms with Crippen LogP contribution in [0.5, 0.6) is 0 Å². The first-order valence-corrected chi connectivity index (χ1v) is 7.74. The van der Waals surface area contributed by atoms with Crippen LogP contribution in [0.4, 0.5) is 0 Å². The molecule has 0 saturated carbocycles. The molecule has 0 bridgehead atoms. The van der Waals surface area contributed by atoms with Crippen molar-refractivity contribution in [3.63, 3.8) is 0 Å². The first kappa shape index (κ1) is 14.9. The van der Waals surface area contributed by atoms with Gasteiger partial charge in [0.05, 0.1) is 0 Å². The van der Waals surface area contributed by atoms with E-state index in [1.54, 1.807) is 11.4 Å². The lowest BCUT2D eigenvalue weighted by molar-refractivity contribution is 0.272. The molecule has 1 unspecified atom stereocenters. The molecule has 0 aromatic rings. The third-order valence-electron chi connectivity index (χ3n) is 3.30. The normalized spacial score (nSPS) is 22.5. The van der Waals surface area contributed by atoms with Crippen molar-refractivity contribution in [2.75, 3.05) is 33.3 Å². The van der Waals surface area contributed by atoms with Gasteiger partial charge in [0, 0.05) is 33.3 Å². The van der Waals surface area contributed by atoms with Crippen LogP contribution in [0.1, 0.15) is 32.6 Å². The fourth-order valence-corrected chi connectivity index (χ4v) is 3.75. The first-order chi connectivity index (χ1) is 8.02. The fourth-order valence-electron chi connectivity index (χ4n) is 2.26. The van der Waals surface area contributed by atoms with E-state index in [-0.39, 0.29) is 6.61 Å². The van der Waals surface area contributed by atoms with Gasteiger partial charge >= 0.3 is 0 Å². The van der Waals surface area contributed by atoms with E-state index in [0.717, 1.165) is 19.3 Å². The Labute approximate surface area is 105 Å². The highest BCUT2D eigenvalue weighted by Crippen LogP contribution is 2.24. The van der Waals surface area contributed by atoms with E-state index in [4.69, 9.17) is 5.11 Å². The Morgan fingerprint density at radius 1 is 1.47 bits per heavy atom. The van der Waals surface area contributed by atoms with Crippen LogP contribution < -0.4 is 0 Å². The SMILES string of the molecule is CCCC1CCN(S(=O)(=O)N(C)CCCO)C1. The number of rotatable bonds is 7. The van der Waals surface area contributed by atoms with E-state index in [1.165, 1.54) is 4.31 Å². The van der Waals surface area contributed by atoms with Crippen molar-refractivity contribution in [1.29, 1.82) is 0 Å². The largest absolute Gasteiger partial charge is 0.396 e. The topological polar surface area (TPSA) is 60.9 Å². The van der Waals surface area contributed by atoms with Crippen molar-refractivity contribution in [3.05, 3.63) is 0 Å². The summed E-state index contributed by atoms with van der Waals surface area (Å²) < 4.78 is 27.2. The predicted molar refractivity (Wildman–Crippen MR) is 67.8 cm³/mol. The molecule has 0 aromatic heterocycles. The van der Waals surface area contributed by atoms with Gasteiger partial charge in [-0.25, -0.2) is 0 Å². The molecule has 0 radical (unpaired) electrons. The van der Waals surface area contributed by atoms with Crippen LogP contribution in [0.25, 0.3) is 0 Å². The quantitative estimate of drug-likeness (QED) is 0.735. The number of aliphatic hydroxyl groups excluding tert-OH is 1. The van der Waals surface area contributed by atoms with Crippen molar-refractivity contribution < 1.29 is 13.5 Å². The van der Waals surface area contributed by atoms with Crippen molar-refractivity contribution >= 4 is 10.2 Å². The standard InChI is InChI=1S/C11H24N2O3S/c1-3-5-11-6-8-13(10-11)17(15,16)12(2)7-4-9-14/h11,14H,3-10H2,1-2H3. The lowest BCUT2D eigenvalue weighted by Gasteiger charge is -2.23. The molecule has 1 N–H and O–H groups in total. The lowest BCUT2D eigenvalue weighted by atomic mass is 10.0. The number of aliphatic hydroxyl groups is 1. The average Bonchev–Trinajstić information content (AvgIpc) is 2.75. The molecule has 6 heteroatoms. The Morgan fingerprint density at radius 2 is 2.18 bits per heavy atom. The zero-order chi connectivity index (χ0) is 12.9. The van der Waals surface area contributed by atoms with Crippen LogP contribution in [0.15, 0.2) is 0 Å². The summed E-state index contributed by atoms with van der Waals surface area (Å²) in [7, 11) is -1.73. The number of hydrogen-bond donors (Lipinski definition) is 1. The van der Waals surface area contributed by atoms with E-state index >= 15 is 0 Å². The molecule has 1 atom stereocenters.